The van der Waals surface area contributed by atoms with Gasteiger partial charge in [0.05, 0.1) is 32.4 Å². The number of hydrogen-bond donors (Lipinski definition) is 17. The van der Waals surface area contributed by atoms with Crippen LogP contribution >= 0.6 is 0 Å². The number of nitrogens with one attached hydrogen (secondary N) is 10. The monoisotopic (exact) mass is 1090 g/mol. The Morgan fingerprint density at radius 3 is 1.52 bits per heavy atom. The summed E-state index contributed by atoms with van der Waals surface area (Å²) in [4.78, 5) is 148. The highest BCUT2D eigenvalue weighted by Gasteiger charge is 2.35. The average molecular weight is 1090 g/mol. The van der Waals surface area contributed by atoms with Gasteiger partial charge in [-0.25, -0.2) is 4.79 Å². The molecule has 19 N–H and O–H groups in total. The molecule has 1 aliphatic rings. The zero-order chi connectivity index (χ0) is 57.8. The van der Waals surface area contributed by atoms with Gasteiger partial charge in [0.1, 0.15) is 48.3 Å². The van der Waals surface area contributed by atoms with Gasteiger partial charge in [-0.05, 0) is 68.9 Å². The SMILES string of the molecule is CC(C)C[C@H](NC(=O)[C@H](CCCN=C(N)N)NC(=O)[C@H](CCC(=O)O)NC(=O)[C@H](CO)NC(=O)[C@H](Cc1ccccc1)NC(=O)[C@H](CO)NC(=O)[C@H](CC(C)C)NC(=O)[C@H](CO)NC(=O)CNC(=O)[C@@H]1CCCN1)C(=O)O. The molecule has 0 bridgehead atoms. The van der Waals surface area contributed by atoms with Crippen molar-refractivity contribution in [3.63, 3.8) is 0 Å². The van der Waals surface area contributed by atoms with Crippen molar-refractivity contribution in [2.75, 3.05) is 39.5 Å². The fourth-order valence-corrected chi connectivity index (χ4v) is 7.70. The number of carboxylic acids is 2. The van der Waals surface area contributed by atoms with Crippen molar-refractivity contribution < 1.29 is 78.3 Å². The summed E-state index contributed by atoms with van der Waals surface area (Å²) in [6.07, 6.45) is -0.289. The number of carbonyl (C=O) groups is 11. The second kappa shape index (κ2) is 34.2. The number of aliphatic hydroxyl groups excluding tert-OH is 3. The number of aliphatic imine (C=N–C) groups is 1. The van der Waals surface area contributed by atoms with E-state index < -0.39 is 159 Å². The Hall–Kier alpha value is -7.50. The van der Waals surface area contributed by atoms with E-state index in [1.807, 2.05) is 0 Å². The molecule has 29 heteroatoms. The van der Waals surface area contributed by atoms with E-state index in [0.29, 0.717) is 18.5 Å². The van der Waals surface area contributed by atoms with Crippen molar-refractivity contribution in [3.8, 4) is 0 Å². The van der Waals surface area contributed by atoms with Crippen molar-refractivity contribution in [1.82, 2.24) is 53.2 Å². The van der Waals surface area contributed by atoms with Crippen LogP contribution in [0.2, 0.25) is 0 Å². The summed E-state index contributed by atoms with van der Waals surface area (Å²) in [5.41, 5.74) is 11.2. The fourth-order valence-electron chi connectivity index (χ4n) is 7.70. The number of nitrogens with two attached hydrogens (primary N) is 2. The van der Waals surface area contributed by atoms with Crippen LogP contribution < -0.4 is 64.6 Å². The molecule has 0 aliphatic carbocycles. The molecule has 1 aromatic rings. The molecule has 1 fully saturated rings. The average Bonchev–Trinajstić information content (AvgIpc) is 3.92. The molecule has 1 aliphatic heterocycles. The van der Waals surface area contributed by atoms with Gasteiger partial charge in [-0.15, -0.1) is 0 Å². The number of rotatable bonds is 35. The van der Waals surface area contributed by atoms with Crippen LogP contribution in [0.25, 0.3) is 0 Å². The van der Waals surface area contributed by atoms with Crippen molar-refractivity contribution in [2.45, 2.75) is 140 Å². The van der Waals surface area contributed by atoms with Crippen LogP contribution in [-0.4, -0.2) is 190 Å². The van der Waals surface area contributed by atoms with Crippen LogP contribution in [-0.2, 0) is 59.2 Å². The lowest BCUT2D eigenvalue weighted by molar-refractivity contribution is -0.143. The van der Waals surface area contributed by atoms with Gasteiger partial charge >= 0.3 is 11.9 Å². The van der Waals surface area contributed by atoms with E-state index in [9.17, 15) is 78.3 Å². The third-order valence-electron chi connectivity index (χ3n) is 11.7. The molecule has 77 heavy (non-hydrogen) atoms. The van der Waals surface area contributed by atoms with E-state index in [2.05, 4.69) is 58.2 Å². The number of hydrogen-bond acceptors (Lipinski definition) is 16. The maximum absolute atomic E-state index is 14.0. The van der Waals surface area contributed by atoms with Gasteiger partial charge in [0.15, 0.2) is 5.96 Å². The van der Waals surface area contributed by atoms with Crippen LogP contribution in [0.5, 0.6) is 0 Å². The summed E-state index contributed by atoms with van der Waals surface area (Å²) < 4.78 is 0. The van der Waals surface area contributed by atoms with E-state index in [1.165, 1.54) is 0 Å². The molecular weight excluding hydrogens is 1010 g/mol. The number of aliphatic hydroxyl groups is 3. The Morgan fingerprint density at radius 2 is 1.04 bits per heavy atom. The second-order valence-corrected chi connectivity index (χ2v) is 19.1. The molecule has 9 atom stereocenters. The molecule has 1 aromatic carbocycles. The lowest BCUT2D eigenvalue weighted by Crippen LogP contribution is -2.61. The van der Waals surface area contributed by atoms with Gasteiger partial charge in [0.2, 0.25) is 53.2 Å². The largest absolute Gasteiger partial charge is 0.481 e. The van der Waals surface area contributed by atoms with Gasteiger partial charge in [-0.3, -0.25) is 52.9 Å². The molecule has 1 saturated heterocycles. The standard InChI is InChI=1S/C48H77N13O16/c1-25(2)18-31(57-44(73)34(22-62)54-37(65)21-53-39(68)28-12-8-16-51-28)42(71)60-36(24-64)46(75)58-32(20-27-10-6-5-7-11-27)43(72)61-35(23-63)45(74)56-30(14-15-38(66)67)41(70)55-29(13-9-17-52-48(49)50)40(69)59-33(47(76)77)19-26(3)4/h5-7,10-11,25-26,28-36,51,62-64H,8-9,12-24H2,1-4H3,(H,53,68)(H,54,65)(H,55,70)(H,56,74)(H,57,73)(H,58,75)(H,59,69)(H,60,71)(H,61,72)(H,66,67)(H,76,77)(H4,49,50,52)/t28-,29-,30-,31-,32-,33-,34-,35-,36-/m0/s1. The Bertz CT molecular complexity index is 2190. The quantitative estimate of drug-likeness (QED) is 0.0171. The first kappa shape index (κ1) is 65.6. The molecule has 430 valence electrons. The number of aliphatic carboxylic acids is 2. The molecule has 0 radical (unpaired) electrons. The maximum atomic E-state index is 14.0. The predicted octanol–water partition coefficient (Wildman–Crippen LogP) is -5.95. The molecule has 0 aromatic heterocycles. The molecule has 0 unspecified atom stereocenters. The maximum Gasteiger partial charge on any atom is 0.326 e. The zero-order valence-corrected chi connectivity index (χ0v) is 43.7. The minimum absolute atomic E-state index is 0.00750. The molecule has 0 saturated carbocycles. The first-order valence-electron chi connectivity index (χ1n) is 25.2. The summed E-state index contributed by atoms with van der Waals surface area (Å²) in [5, 5.41) is 74.1. The van der Waals surface area contributed by atoms with Gasteiger partial charge in [-0.2, -0.15) is 0 Å². The van der Waals surface area contributed by atoms with E-state index in [1.54, 1.807) is 58.0 Å². The van der Waals surface area contributed by atoms with Gasteiger partial charge < -0.3 is 90.2 Å². The van der Waals surface area contributed by atoms with E-state index in [-0.39, 0.29) is 56.4 Å². The summed E-state index contributed by atoms with van der Waals surface area (Å²) in [7, 11) is 0. The highest BCUT2D eigenvalue weighted by atomic mass is 16.4. The predicted molar refractivity (Wildman–Crippen MR) is 274 cm³/mol. The van der Waals surface area contributed by atoms with Crippen LogP contribution in [0.1, 0.15) is 84.6 Å². The van der Waals surface area contributed by atoms with Crippen LogP contribution in [0, 0.1) is 11.8 Å². The number of carboxylic acid groups (broad SMARTS) is 2. The Balaban J connectivity index is 2.31. The van der Waals surface area contributed by atoms with Crippen LogP contribution in [0.15, 0.2) is 35.3 Å². The minimum Gasteiger partial charge on any atom is -0.481 e. The van der Waals surface area contributed by atoms with E-state index >= 15 is 0 Å². The summed E-state index contributed by atoms with van der Waals surface area (Å²) >= 11 is 0. The zero-order valence-electron chi connectivity index (χ0n) is 43.7. The molecule has 9 amide bonds. The Kier molecular flexibility index (Phi) is 29.2. The lowest BCUT2D eigenvalue weighted by Gasteiger charge is -2.27. The van der Waals surface area contributed by atoms with Gasteiger partial charge in [0, 0.05) is 19.4 Å². The van der Waals surface area contributed by atoms with Crippen LogP contribution in [0.3, 0.4) is 0 Å². The molecule has 1 heterocycles. The summed E-state index contributed by atoms with van der Waals surface area (Å²) in [5.74, 6) is -12.1. The summed E-state index contributed by atoms with van der Waals surface area (Å²) in [6.45, 7) is 3.92. The number of carbonyl (C=O) groups excluding carboxylic acids is 9. The first-order valence-corrected chi connectivity index (χ1v) is 25.2. The minimum atomic E-state index is -1.88. The third-order valence-corrected chi connectivity index (χ3v) is 11.7. The topological polar surface area (TPSA) is 474 Å². The first-order chi connectivity index (χ1) is 36.4. The van der Waals surface area contributed by atoms with E-state index in [4.69, 9.17) is 11.5 Å². The highest BCUT2D eigenvalue weighted by Crippen LogP contribution is 2.11. The van der Waals surface area contributed by atoms with Crippen LogP contribution in [0.4, 0.5) is 0 Å². The molecule has 29 nitrogen and oxygen atoms in total. The van der Waals surface area contributed by atoms with Gasteiger partial charge in [0.25, 0.3) is 0 Å². The highest BCUT2D eigenvalue weighted by molar-refractivity contribution is 5.98. The van der Waals surface area contributed by atoms with Crippen molar-refractivity contribution >= 4 is 71.1 Å². The Labute approximate surface area is 445 Å². The summed E-state index contributed by atoms with van der Waals surface area (Å²) in [6, 6.07) is -5.18. The number of amides is 9. The number of nitrogens with zero attached hydrogens (tertiary/aromatic N) is 1. The lowest BCUT2D eigenvalue weighted by atomic mass is 10.0. The number of guanidine groups is 1. The molecule has 2 rings (SSSR count). The third kappa shape index (κ3) is 24.8. The van der Waals surface area contributed by atoms with Gasteiger partial charge in [-0.1, -0.05) is 58.0 Å². The normalized spacial score (nSPS) is 16.1. The molecule has 0 spiro atoms. The van der Waals surface area contributed by atoms with Crippen molar-refractivity contribution in [3.05, 3.63) is 35.9 Å². The smallest absolute Gasteiger partial charge is 0.326 e. The Morgan fingerprint density at radius 1 is 0.597 bits per heavy atom. The van der Waals surface area contributed by atoms with E-state index in [0.717, 1.165) is 6.42 Å². The fraction of sp³-hybridized carbons (Fsp3) is 0.625. The molecular formula is C48H77N13O16. The van der Waals surface area contributed by atoms with Crippen molar-refractivity contribution in [1.29, 1.82) is 0 Å². The van der Waals surface area contributed by atoms with Crippen molar-refractivity contribution in [2.24, 2.45) is 28.3 Å². The second-order valence-electron chi connectivity index (χ2n) is 19.1. The number of benzene rings is 1.